The van der Waals surface area contributed by atoms with E-state index in [1.807, 2.05) is 30.3 Å². The van der Waals surface area contributed by atoms with Crippen molar-refractivity contribution in [2.75, 3.05) is 13.1 Å². The minimum atomic E-state index is -0.288. The summed E-state index contributed by atoms with van der Waals surface area (Å²) in [4.78, 5) is 30.7. The van der Waals surface area contributed by atoms with E-state index < -0.39 is 0 Å². The number of carbonyl (C=O) groups excluding carboxylic acids is 2. The van der Waals surface area contributed by atoms with E-state index >= 15 is 0 Å². The van der Waals surface area contributed by atoms with Crippen LogP contribution < -0.4 is 5.73 Å². The molecule has 1 aromatic heterocycles. The van der Waals surface area contributed by atoms with Crippen LogP contribution in [0.5, 0.6) is 0 Å². The first-order valence-electron chi connectivity index (χ1n) is 8.34. The standard InChI is InChI=1S/C17H19N5O2S/c18-15(23)12-6-8-21(9-7-12)13(11-4-2-1-3-5-11)14-16(24)22-17(25-14)19-10-20-22/h1-5,10,12-14H,6-9H2,(H2,18,23). The van der Waals surface area contributed by atoms with Crippen LogP contribution >= 0.6 is 11.8 Å². The zero-order chi connectivity index (χ0) is 17.4. The fourth-order valence-electron chi connectivity index (χ4n) is 3.64. The molecule has 0 radical (unpaired) electrons. The van der Waals surface area contributed by atoms with Gasteiger partial charge in [-0.2, -0.15) is 9.78 Å². The summed E-state index contributed by atoms with van der Waals surface area (Å²) in [7, 11) is 0. The Morgan fingerprint density at radius 1 is 1.24 bits per heavy atom. The summed E-state index contributed by atoms with van der Waals surface area (Å²) in [5.74, 6) is -0.341. The number of benzene rings is 1. The van der Waals surface area contributed by atoms with Crippen molar-refractivity contribution in [3.05, 3.63) is 42.2 Å². The smallest absolute Gasteiger partial charge is 0.264 e. The van der Waals surface area contributed by atoms with Crippen LogP contribution in [0.2, 0.25) is 0 Å². The van der Waals surface area contributed by atoms with E-state index in [0.29, 0.717) is 5.16 Å². The van der Waals surface area contributed by atoms with E-state index in [1.165, 1.54) is 22.8 Å². The summed E-state index contributed by atoms with van der Waals surface area (Å²) in [6.07, 6.45) is 2.87. The molecule has 0 aliphatic carbocycles. The predicted molar refractivity (Wildman–Crippen MR) is 93.0 cm³/mol. The van der Waals surface area contributed by atoms with Gasteiger partial charge in [-0.1, -0.05) is 42.1 Å². The molecule has 3 heterocycles. The SMILES string of the molecule is NC(=O)C1CCN(C(c2ccccc2)C2Sc3ncnn3C2=O)CC1. The van der Waals surface area contributed by atoms with Gasteiger partial charge in [-0.15, -0.1) is 0 Å². The molecule has 2 N–H and O–H groups in total. The third kappa shape index (κ3) is 2.96. The van der Waals surface area contributed by atoms with E-state index in [1.54, 1.807) is 0 Å². The molecule has 1 fully saturated rings. The van der Waals surface area contributed by atoms with Crippen molar-refractivity contribution < 1.29 is 9.59 Å². The Hall–Kier alpha value is -2.19. The number of thioether (sulfide) groups is 1. The maximum atomic E-state index is 12.8. The molecular formula is C17H19N5O2S. The van der Waals surface area contributed by atoms with E-state index in [0.717, 1.165) is 31.5 Å². The van der Waals surface area contributed by atoms with E-state index in [2.05, 4.69) is 15.0 Å². The molecule has 25 heavy (non-hydrogen) atoms. The minimum Gasteiger partial charge on any atom is -0.369 e. The first kappa shape index (κ1) is 16.3. The van der Waals surface area contributed by atoms with Gasteiger partial charge in [0, 0.05) is 5.92 Å². The number of carbonyl (C=O) groups is 2. The Balaban J connectivity index is 1.62. The Morgan fingerprint density at radius 2 is 1.96 bits per heavy atom. The fourth-order valence-corrected chi connectivity index (χ4v) is 4.87. The number of aromatic nitrogens is 3. The fraction of sp³-hybridized carbons (Fsp3) is 0.412. The van der Waals surface area contributed by atoms with Gasteiger partial charge in [0.05, 0.1) is 6.04 Å². The second-order valence-corrected chi connectivity index (χ2v) is 7.51. The molecule has 0 bridgehead atoms. The van der Waals surface area contributed by atoms with Crippen molar-refractivity contribution in [1.29, 1.82) is 0 Å². The van der Waals surface area contributed by atoms with Crippen LogP contribution in [0, 0.1) is 5.92 Å². The maximum Gasteiger partial charge on any atom is 0.264 e. The lowest BCUT2D eigenvalue weighted by atomic mass is 9.92. The zero-order valence-electron chi connectivity index (χ0n) is 13.6. The van der Waals surface area contributed by atoms with E-state index in [-0.39, 0.29) is 29.0 Å². The number of rotatable bonds is 4. The number of hydrogen-bond donors (Lipinski definition) is 1. The highest BCUT2D eigenvalue weighted by Crippen LogP contribution is 2.41. The van der Waals surface area contributed by atoms with Crippen LogP contribution in [0.3, 0.4) is 0 Å². The summed E-state index contributed by atoms with van der Waals surface area (Å²) in [5.41, 5.74) is 6.55. The third-order valence-electron chi connectivity index (χ3n) is 4.95. The monoisotopic (exact) mass is 357 g/mol. The molecule has 1 aromatic carbocycles. The largest absolute Gasteiger partial charge is 0.369 e. The number of nitrogens with two attached hydrogens (primary N) is 1. The van der Waals surface area contributed by atoms with Gasteiger partial charge in [-0.05, 0) is 31.5 Å². The van der Waals surface area contributed by atoms with Gasteiger partial charge in [0.15, 0.2) is 5.16 Å². The highest BCUT2D eigenvalue weighted by Gasteiger charge is 2.43. The molecule has 2 aromatic rings. The Bertz CT molecular complexity index is 785. The van der Waals surface area contributed by atoms with E-state index in [4.69, 9.17) is 5.73 Å². The van der Waals surface area contributed by atoms with Gasteiger partial charge >= 0.3 is 0 Å². The average Bonchev–Trinajstić information content (AvgIpc) is 3.21. The molecule has 4 rings (SSSR count). The van der Waals surface area contributed by atoms with Gasteiger partial charge in [0.1, 0.15) is 11.6 Å². The number of nitrogens with zero attached hydrogens (tertiary/aromatic N) is 4. The van der Waals surface area contributed by atoms with Crippen LogP contribution in [0.15, 0.2) is 41.8 Å². The van der Waals surface area contributed by atoms with Gasteiger partial charge in [-0.25, -0.2) is 4.98 Å². The zero-order valence-corrected chi connectivity index (χ0v) is 14.4. The molecule has 1 saturated heterocycles. The van der Waals surface area contributed by atoms with Crippen LogP contribution in [0.1, 0.15) is 29.2 Å². The van der Waals surface area contributed by atoms with Gasteiger partial charge in [0.25, 0.3) is 5.91 Å². The molecule has 1 amide bonds. The maximum absolute atomic E-state index is 12.8. The molecule has 2 aliphatic heterocycles. The molecule has 2 atom stereocenters. The highest BCUT2D eigenvalue weighted by atomic mass is 32.2. The van der Waals surface area contributed by atoms with Crippen LogP contribution in [0.4, 0.5) is 0 Å². The number of likely N-dealkylation sites (tertiary alicyclic amines) is 1. The second kappa shape index (κ2) is 6.61. The number of fused-ring (bicyclic) bond motifs is 1. The molecule has 130 valence electrons. The summed E-state index contributed by atoms with van der Waals surface area (Å²) in [6.45, 7) is 1.49. The first-order chi connectivity index (χ1) is 12.1. The lowest BCUT2D eigenvalue weighted by Crippen LogP contribution is -2.45. The summed E-state index contributed by atoms with van der Waals surface area (Å²) < 4.78 is 1.39. The van der Waals surface area contributed by atoms with Gasteiger partial charge < -0.3 is 5.73 Å². The van der Waals surface area contributed by atoms with Crippen molar-refractivity contribution in [2.24, 2.45) is 11.7 Å². The Labute approximate surface area is 149 Å². The first-order valence-corrected chi connectivity index (χ1v) is 9.22. The van der Waals surface area contributed by atoms with Crippen LogP contribution in [-0.2, 0) is 4.79 Å². The van der Waals surface area contributed by atoms with Crippen molar-refractivity contribution in [3.63, 3.8) is 0 Å². The predicted octanol–water partition coefficient (Wildman–Crippen LogP) is 1.33. The minimum absolute atomic E-state index is 0.0385. The van der Waals surface area contributed by atoms with E-state index in [9.17, 15) is 9.59 Å². The molecular weight excluding hydrogens is 338 g/mol. The van der Waals surface area contributed by atoms with Crippen LogP contribution in [0.25, 0.3) is 0 Å². The molecule has 2 aliphatic rings. The molecule has 0 saturated carbocycles. The van der Waals surface area contributed by atoms with Crippen molar-refractivity contribution in [2.45, 2.75) is 29.3 Å². The summed E-state index contributed by atoms with van der Waals surface area (Å²) in [6, 6.07) is 9.96. The van der Waals surface area contributed by atoms with Crippen LogP contribution in [-0.4, -0.2) is 49.8 Å². The van der Waals surface area contributed by atoms with Crippen molar-refractivity contribution in [3.8, 4) is 0 Å². The number of amides is 1. The second-order valence-electron chi connectivity index (χ2n) is 6.40. The van der Waals surface area contributed by atoms with Crippen molar-refractivity contribution >= 4 is 23.6 Å². The molecule has 2 unspecified atom stereocenters. The topological polar surface area (TPSA) is 94.1 Å². The molecule has 0 spiro atoms. The van der Waals surface area contributed by atoms with Crippen molar-refractivity contribution in [1.82, 2.24) is 19.7 Å². The summed E-state index contributed by atoms with van der Waals surface area (Å²) in [5, 5.41) is 4.39. The normalized spacial score (nSPS) is 22.7. The third-order valence-corrected chi connectivity index (χ3v) is 6.16. The average molecular weight is 357 g/mol. The lowest BCUT2D eigenvalue weighted by molar-refractivity contribution is -0.123. The molecule has 7 nitrogen and oxygen atoms in total. The van der Waals surface area contributed by atoms with Gasteiger partial charge in [-0.3, -0.25) is 14.5 Å². The number of hydrogen-bond acceptors (Lipinski definition) is 6. The Kier molecular flexibility index (Phi) is 4.30. The quantitative estimate of drug-likeness (QED) is 0.887. The van der Waals surface area contributed by atoms with Gasteiger partial charge in [0.2, 0.25) is 5.91 Å². The lowest BCUT2D eigenvalue weighted by Gasteiger charge is -2.38. The highest BCUT2D eigenvalue weighted by molar-refractivity contribution is 8.00. The summed E-state index contributed by atoms with van der Waals surface area (Å²) >= 11 is 1.46. The molecule has 8 heteroatoms. The number of primary amides is 1. The number of piperidine rings is 1. The Morgan fingerprint density at radius 3 is 2.60 bits per heavy atom.